The Bertz CT molecular complexity index is 843. The van der Waals surface area contributed by atoms with Gasteiger partial charge in [-0.1, -0.05) is 12.1 Å². The summed E-state index contributed by atoms with van der Waals surface area (Å²) in [6, 6.07) is 9.14. The molecule has 2 rings (SSSR count). The van der Waals surface area contributed by atoms with Crippen LogP contribution in [0.15, 0.2) is 45.9 Å². The van der Waals surface area contributed by atoms with E-state index < -0.39 is 10.0 Å². The van der Waals surface area contributed by atoms with Gasteiger partial charge in [0.2, 0.25) is 10.0 Å². The van der Waals surface area contributed by atoms with Crippen LogP contribution in [-0.2, 0) is 10.0 Å². The lowest BCUT2D eigenvalue weighted by Crippen LogP contribution is -2.28. The van der Waals surface area contributed by atoms with E-state index in [4.69, 9.17) is 9.88 Å². The van der Waals surface area contributed by atoms with Crippen molar-refractivity contribution in [3.8, 4) is 5.75 Å². The topological polar surface area (TPSA) is 97.5 Å². The second kappa shape index (κ2) is 8.13. The van der Waals surface area contributed by atoms with E-state index in [2.05, 4.69) is 26.2 Å². The van der Waals surface area contributed by atoms with Crippen LogP contribution in [0.4, 0.5) is 5.82 Å². The summed E-state index contributed by atoms with van der Waals surface area (Å²) in [7, 11) is 1.62. The highest BCUT2D eigenvalue weighted by Gasteiger charge is 2.19. The molecule has 0 saturated heterocycles. The molecular formula is C16H21BrN4O3S. The van der Waals surface area contributed by atoms with E-state index in [1.54, 1.807) is 7.11 Å². The zero-order valence-corrected chi connectivity index (χ0v) is 16.6. The van der Waals surface area contributed by atoms with E-state index in [9.17, 15) is 8.42 Å². The van der Waals surface area contributed by atoms with Gasteiger partial charge in [0, 0.05) is 17.2 Å². The molecule has 0 spiro atoms. The third kappa shape index (κ3) is 5.15. The molecule has 1 heterocycles. The molecule has 7 nitrogen and oxygen atoms in total. The number of primary sulfonamides is 1. The van der Waals surface area contributed by atoms with Crippen molar-refractivity contribution >= 4 is 31.8 Å². The molecule has 0 radical (unpaired) electrons. The van der Waals surface area contributed by atoms with Crippen LogP contribution < -0.4 is 15.2 Å². The molecule has 3 N–H and O–H groups in total. The summed E-state index contributed by atoms with van der Waals surface area (Å²) < 4.78 is 29.4. The molecule has 1 aromatic heterocycles. The second-order valence-corrected chi connectivity index (χ2v) is 8.13. The fourth-order valence-electron chi connectivity index (χ4n) is 2.41. The molecule has 9 heteroatoms. The first-order valence-corrected chi connectivity index (χ1v) is 9.79. The van der Waals surface area contributed by atoms with Gasteiger partial charge in [-0.15, -0.1) is 0 Å². The van der Waals surface area contributed by atoms with Gasteiger partial charge in [-0.3, -0.25) is 0 Å². The van der Waals surface area contributed by atoms with Crippen molar-refractivity contribution in [1.82, 2.24) is 9.88 Å². The van der Waals surface area contributed by atoms with Gasteiger partial charge < -0.3 is 15.0 Å². The number of hydrogen-bond donors (Lipinski definition) is 2. The van der Waals surface area contributed by atoms with Crippen LogP contribution in [0.1, 0.15) is 11.6 Å². The highest BCUT2D eigenvalue weighted by Crippen LogP contribution is 2.25. The first-order chi connectivity index (χ1) is 11.7. The monoisotopic (exact) mass is 428 g/mol. The lowest BCUT2D eigenvalue weighted by atomic mass is 10.1. The molecule has 0 aliphatic heterocycles. The number of aromatic nitrogens is 1. The number of nitrogens with two attached hydrogens (primary N) is 1. The number of likely N-dealkylation sites (N-methyl/N-ethyl adjacent to an activating group) is 1. The normalized spacial score (nSPS) is 12.9. The standard InChI is InChI=1S/C16H21BrN4O3S/c1-21(2)14(11-5-4-6-13(7-11)24-3)10-20-16-15(25(18,22)23)8-12(17)9-19-16/h4-9,14H,10H2,1-3H3,(H,19,20)(H2,18,22,23)/t14-/m1/s1. The van der Waals surface area contributed by atoms with Crippen LogP contribution in [0.2, 0.25) is 0 Å². The summed E-state index contributed by atoms with van der Waals surface area (Å²) in [6.45, 7) is 0.442. The summed E-state index contributed by atoms with van der Waals surface area (Å²) in [5.41, 5.74) is 1.03. The van der Waals surface area contributed by atoms with Crippen molar-refractivity contribution < 1.29 is 13.2 Å². The van der Waals surface area contributed by atoms with Crippen LogP contribution >= 0.6 is 15.9 Å². The van der Waals surface area contributed by atoms with Gasteiger partial charge in [0.15, 0.2) is 0 Å². The number of nitrogens with one attached hydrogen (secondary N) is 1. The Kier molecular flexibility index (Phi) is 6.39. The van der Waals surface area contributed by atoms with Gasteiger partial charge in [-0.2, -0.15) is 0 Å². The number of pyridine rings is 1. The average Bonchev–Trinajstić information content (AvgIpc) is 2.55. The quantitative estimate of drug-likeness (QED) is 0.701. The van der Waals surface area contributed by atoms with Gasteiger partial charge in [0.1, 0.15) is 16.5 Å². The first kappa shape index (κ1) is 19.6. The highest BCUT2D eigenvalue weighted by atomic mass is 79.9. The molecule has 0 amide bonds. The Morgan fingerprint density at radius 1 is 1.36 bits per heavy atom. The highest BCUT2D eigenvalue weighted by molar-refractivity contribution is 9.10. The van der Waals surface area contributed by atoms with E-state index in [1.807, 2.05) is 43.3 Å². The molecule has 25 heavy (non-hydrogen) atoms. The summed E-state index contributed by atoms with van der Waals surface area (Å²) in [6.07, 6.45) is 1.52. The Balaban J connectivity index is 2.28. The minimum atomic E-state index is -3.89. The van der Waals surface area contributed by atoms with Crippen molar-refractivity contribution in [2.75, 3.05) is 33.1 Å². The number of anilines is 1. The van der Waals surface area contributed by atoms with Gasteiger partial charge in [0.05, 0.1) is 13.2 Å². The SMILES string of the molecule is COc1cccc([C@@H](CNc2ncc(Br)cc2S(N)(=O)=O)N(C)C)c1. The van der Waals surface area contributed by atoms with Crippen LogP contribution in [0.5, 0.6) is 5.75 Å². The Hall–Kier alpha value is -1.68. The number of rotatable bonds is 7. The molecule has 0 fully saturated rings. The maximum atomic E-state index is 11.8. The van der Waals surface area contributed by atoms with Crippen LogP contribution in [0.25, 0.3) is 0 Å². The minimum Gasteiger partial charge on any atom is -0.497 e. The van der Waals surface area contributed by atoms with Crippen molar-refractivity contribution in [2.45, 2.75) is 10.9 Å². The van der Waals surface area contributed by atoms with Gasteiger partial charge >= 0.3 is 0 Å². The summed E-state index contributed by atoms with van der Waals surface area (Å²) in [5, 5.41) is 8.38. The number of hydrogen-bond acceptors (Lipinski definition) is 6. The lowest BCUT2D eigenvalue weighted by Gasteiger charge is -2.26. The molecular weight excluding hydrogens is 408 g/mol. The summed E-state index contributed by atoms with van der Waals surface area (Å²) in [5.74, 6) is 0.983. The molecule has 0 aliphatic rings. The Morgan fingerprint density at radius 2 is 2.08 bits per heavy atom. The summed E-state index contributed by atoms with van der Waals surface area (Å²) >= 11 is 3.21. The summed E-state index contributed by atoms with van der Waals surface area (Å²) in [4.78, 5) is 6.12. The van der Waals surface area contributed by atoms with E-state index in [-0.39, 0.29) is 16.8 Å². The fourth-order valence-corrected chi connectivity index (χ4v) is 3.58. The molecule has 1 aromatic carbocycles. The fraction of sp³-hybridized carbons (Fsp3) is 0.312. The van der Waals surface area contributed by atoms with Gasteiger partial charge in [-0.05, 0) is 53.8 Å². The molecule has 1 atom stereocenters. The van der Waals surface area contributed by atoms with E-state index in [1.165, 1.54) is 12.3 Å². The number of ether oxygens (including phenoxy) is 1. The van der Waals surface area contributed by atoms with Gasteiger partial charge in [-0.25, -0.2) is 18.5 Å². The Labute approximate surface area is 156 Å². The van der Waals surface area contributed by atoms with Crippen molar-refractivity contribution in [3.05, 3.63) is 46.6 Å². The van der Waals surface area contributed by atoms with E-state index >= 15 is 0 Å². The van der Waals surface area contributed by atoms with E-state index in [0.29, 0.717) is 11.0 Å². The van der Waals surface area contributed by atoms with Gasteiger partial charge in [0.25, 0.3) is 0 Å². The smallest absolute Gasteiger partial charge is 0.241 e. The molecule has 0 saturated carbocycles. The third-order valence-corrected chi connectivity index (χ3v) is 5.05. The predicted molar refractivity (Wildman–Crippen MR) is 101 cm³/mol. The zero-order chi connectivity index (χ0) is 18.6. The van der Waals surface area contributed by atoms with E-state index in [0.717, 1.165) is 11.3 Å². The molecule has 0 unspecified atom stereocenters. The van der Waals surface area contributed by atoms with Crippen LogP contribution in [0, 0.1) is 0 Å². The van der Waals surface area contributed by atoms with Crippen molar-refractivity contribution in [1.29, 1.82) is 0 Å². The largest absolute Gasteiger partial charge is 0.497 e. The van der Waals surface area contributed by atoms with Crippen LogP contribution in [-0.4, -0.2) is 46.1 Å². The maximum absolute atomic E-state index is 11.8. The molecule has 136 valence electrons. The first-order valence-electron chi connectivity index (χ1n) is 7.45. The number of halogens is 1. The lowest BCUT2D eigenvalue weighted by molar-refractivity contribution is 0.310. The predicted octanol–water partition coefficient (Wildman–Crippen LogP) is 2.21. The van der Waals surface area contributed by atoms with Crippen LogP contribution in [0.3, 0.4) is 0 Å². The number of methoxy groups -OCH3 is 1. The van der Waals surface area contributed by atoms with Crippen molar-refractivity contribution in [3.63, 3.8) is 0 Å². The molecule has 0 aliphatic carbocycles. The molecule has 0 bridgehead atoms. The maximum Gasteiger partial charge on any atom is 0.241 e. The second-order valence-electron chi connectivity index (χ2n) is 5.68. The zero-order valence-electron chi connectivity index (χ0n) is 14.2. The number of sulfonamides is 1. The van der Waals surface area contributed by atoms with Crippen molar-refractivity contribution in [2.24, 2.45) is 5.14 Å². The number of benzene rings is 1. The third-order valence-electron chi connectivity index (χ3n) is 3.69. The average molecular weight is 429 g/mol. The Morgan fingerprint density at radius 3 is 2.68 bits per heavy atom. The number of nitrogens with zero attached hydrogens (tertiary/aromatic N) is 2. The minimum absolute atomic E-state index is 0.0196. The molecule has 2 aromatic rings.